The van der Waals surface area contributed by atoms with E-state index in [0.29, 0.717) is 5.56 Å². The van der Waals surface area contributed by atoms with Gasteiger partial charge in [-0.25, -0.2) is 4.39 Å². The standard InChI is InChI=1S/C11H11FO/c1-7(13)9-6-10(9)8-4-2-3-5-11(8)12/h2-5,9-10H,6H2,1H3/t9-,10-/m1/s1. The van der Waals surface area contributed by atoms with Gasteiger partial charge in [0.05, 0.1) is 0 Å². The van der Waals surface area contributed by atoms with Gasteiger partial charge < -0.3 is 0 Å². The smallest absolute Gasteiger partial charge is 0.133 e. The fourth-order valence-corrected chi connectivity index (χ4v) is 1.76. The molecular weight excluding hydrogens is 167 g/mol. The quantitative estimate of drug-likeness (QED) is 0.680. The maximum absolute atomic E-state index is 13.2. The van der Waals surface area contributed by atoms with E-state index in [2.05, 4.69) is 0 Å². The predicted molar refractivity (Wildman–Crippen MR) is 47.9 cm³/mol. The van der Waals surface area contributed by atoms with Crippen LogP contribution < -0.4 is 0 Å². The molecule has 2 heteroatoms. The van der Waals surface area contributed by atoms with Crippen LogP contribution in [-0.4, -0.2) is 5.78 Å². The Hall–Kier alpha value is -1.18. The van der Waals surface area contributed by atoms with Crippen LogP contribution in [0.2, 0.25) is 0 Å². The highest BCUT2D eigenvalue weighted by Gasteiger charge is 2.42. The number of Topliss-reactive ketones (excluding diaryl/α,β-unsaturated/α-hetero) is 1. The number of benzene rings is 1. The van der Waals surface area contributed by atoms with E-state index in [1.165, 1.54) is 6.07 Å². The summed E-state index contributed by atoms with van der Waals surface area (Å²) in [6.07, 6.45) is 0.816. The van der Waals surface area contributed by atoms with Gasteiger partial charge in [-0.05, 0) is 30.9 Å². The first-order chi connectivity index (χ1) is 6.20. The van der Waals surface area contributed by atoms with E-state index in [1.54, 1.807) is 19.1 Å². The number of carbonyl (C=O) groups excluding carboxylic acids is 1. The van der Waals surface area contributed by atoms with Crippen LogP contribution in [0.4, 0.5) is 4.39 Å². The van der Waals surface area contributed by atoms with E-state index in [4.69, 9.17) is 0 Å². The molecule has 1 aliphatic carbocycles. The highest BCUT2D eigenvalue weighted by molar-refractivity contribution is 5.82. The van der Waals surface area contributed by atoms with Crippen molar-refractivity contribution in [1.82, 2.24) is 0 Å². The van der Waals surface area contributed by atoms with Gasteiger partial charge in [-0.2, -0.15) is 0 Å². The van der Waals surface area contributed by atoms with Gasteiger partial charge in [0.25, 0.3) is 0 Å². The molecule has 1 aliphatic rings. The summed E-state index contributed by atoms with van der Waals surface area (Å²) in [5, 5.41) is 0. The van der Waals surface area contributed by atoms with Gasteiger partial charge in [0.2, 0.25) is 0 Å². The summed E-state index contributed by atoms with van der Waals surface area (Å²) in [5.41, 5.74) is 0.697. The average Bonchev–Trinajstić information content (AvgIpc) is 2.84. The van der Waals surface area contributed by atoms with Crippen LogP contribution in [0.3, 0.4) is 0 Å². The van der Waals surface area contributed by atoms with Crippen molar-refractivity contribution in [3.8, 4) is 0 Å². The molecule has 0 unspecified atom stereocenters. The monoisotopic (exact) mass is 178 g/mol. The van der Waals surface area contributed by atoms with Crippen molar-refractivity contribution in [1.29, 1.82) is 0 Å². The van der Waals surface area contributed by atoms with E-state index in [1.807, 2.05) is 6.07 Å². The summed E-state index contributed by atoms with van der Waals surface area (Å²) in [6.45, 7) is 1.57. The molecule has 0 N–H and O–H groups in total. The van der Waals surface area contributed by atoms with Crippen LogP contribution in [0.1, 0.15) is 24.8 Å². The van der Waals surface area contributed by atoms with Gasteiger partial charge in [-0.15, -0.1) is 0 Å². The first kappa shape index (κ1) is 8.42. The third kappa shape index (κ3) is 1.48. The lowest BCUT2D eigenvalue weighted by Gasteiger charge is -1.99. The largest absolute Gasteiger partial charge is 0.300 e. The van der Waals surface area contributed by atoms with Crippen molar-refractivity contribution in [2.24, 2.45) is 5.92 Å². The highest BCUT2D eigenvalue weighted by Crippen LogP contribution is 2.48. The predicted octanol–water partition coefficient (Wildman–Crippen LogP) is 2.52. The number of rotatable bonds is 2. The Morgan fingerprint density at radius 3 is 2.69 bits per heavy atom. The van der Waals surface area contributed by atoms with Crippen molar-refractivity contribution < 1.29 is 9.18 Å². The molecule has 0 aliphatic heterocycles. The third-order valence-electron chi connectivity index (χ3n) is 2.62. The Morgan fingerprint density at radius 1 is 1.46 bits per heavy atom. The van der Waals surface area contributed by atoms with E-state index >= 15 is 0 Å². The second-order valence-electron chi connectivity index (χ2n) is 3.58. The second kappa shape index (κ2) is 2.95. The molecule has 13 heavy (non-hydrogen) atoms. The fraction of sp³-hybridized carbons (Fsp3) is 0.364. The Morgan fingerprint density at radius 2 is 2.15 bits per heavy atom. The van der Waals surface area contributed by atoms with Crippen molar-refractivity contribution in [3.63, 3.8) is 0 Å². The number of carbonyl (C=O) groups is 1. The summed E-state index contributed by atoms with van der Waals surface area (Å²) in [5.74, 6) is 0.195. The molecule has 1 aromatic rings. The van der Waals surface area contributed by atoms with Crippen molar-refractivity contribution in [2.45, 2.75) is 19.3 Å². The molecule has 0 bridgehead atoms. The highest BCUT2D eigenvalue weighted by atomic mass is 19.1. The first-order valence-corrected chi connectivity index (χ1v) is 4.45. The molecule has 1 saturated carbocycles. The SMILES string of the molecule is CC(=O)[C@H]1C[C@@H]1c1ccccc1F. The number of ketones is 1. The summed E-state index contributed by atoms with van der Waals surface area (Å²) >= 11 is 0. The molecule has 0 amide bonds. The zero-order valence-electron chi connectivity index (χ0n) is 7.46. The summed E-state index contributed by atoms with van der Waals surface area (Å²) in [6, 6.07) is 6.70. The molecule has 1 fully saturated rings. The molecular formula is C11H11FO. The summed E-state index contributed by atoms with van der Waals surface area (Å²) < 4.78 is 13.2. The van der Waals surface area contributed by atoms with Crippen LogP contribution >= 0.6 is 0 Å². The lowest BCUT2D eigenvalue weighted by molar-refractivity contribution is -0.118. The van der Waals surface area contributed by atoms with Crippen LogP contribution in [0.5, 0.6) is 0 Å². The van der Waals surface area contributed by atoms with Gasteiger partial charge in [-0.3, -0.25) is 4.79 Å². The Kier molecular flexibility index (Phi) is 1.91. The van der Waals surface area contributed by atoms with Crippen LogP contribution in [0.25, 0.3) is 0 Å². The molecule has 0 spiro atoms. The van der Waals surface area contributed by atoms with Gasteiger partial charge in [0.1, 0.15) is 11.6 Å². The maximum atomic E-state index is 13.2. The molecule has 68 valence electrons. The summed E-state index contributed by atoms with van der Waals surface area (Å²) in [4.78, 5) is 11.0. The van der Waals surface area contributed by atoms with Crippen molar-refractivity contribution >= 4 is 5.78 Å². The van der Waals surface area contributed by atoms with Crippen LogP contribution in [0.15, 0.2) is 24.3 Å². The molecule has 0 radical (unpaired) electrons. The zero-order valence-corrected chi connectivity index (χ0v) is 7.46. The molecule has 1 nitrogen and oxygen atoms in total. The van der Waals surface area contributed by atoms with Crippen molar-refractivity contribution in [2.75, 3.05) is 0 Å². The minimum Gasteiger partial charge on any atom is -0.300 e. The van der Waals surface area contributed by atoms with Gasteiger partial charge >= 0.3 is 0 Å². The number of hydrogen-bond acceptors (Lipinski definition) is 1. The topological polar surface area (TPSA) is 17.1 Å². The molecule has 2 atom stereocenters. The molecule has 0 heterocycles. The fourth-order valence-electron chi connectivity index (χ4n) is 1.76. The Labute approximate surface area is 76.6 Å². The Bertz CT molecular complexity index is 346. The van der Waals surface area contributed by atoms with Gasteiger partial charge in [-0.1, -0.05) is 18.2 Å². The minimum atomic E-state index is -0.184. The zero-order chi connectivity index (χ0) is 9.42. The normalized spacial score (nSPS) is 25.7. The minimum absolute atomic E-state index is 0.0666. The lowest BCUT2D eigenvalue weighted by Crippen LogP contribution is -1.96. The molecule has 0 aromatic heterocycles. The number of hydrogen-bond donors (Lipinski definition) is 0. The van der Waals surface area contributed by atoms with Crippen LogP contribution in [0, 0.1) is 11.7 Å². The van der Waals surface area contributed by atoms with Crippen molar-refractivity contribution in [3.05, 3.63) is 35.6 Å². The second-order valence-corrected chi connectivity index (χ2v) is 3.58. The average molecular weight is 178 g/mol. The van der Waals surface area contributed by atoms with Crippen LogP contribution in [-0.2, 0) is 4.79 Å². The molecule has 2 rings (SSSR count). The first-order valence-electron chi connectivity index (χ1n) is 4.45. The lowest BCUT2D eigenvalue weighted by atomic mass is 10.1. The summed E-state index contributed by atoms with van der Waals surface area (Å²) in [7, 11) is 0. The molecule has 0 saturated heterocycles. The molecule has 1 aromatic carbocycles. The maximum Gasteiger partial charge on any atom is 0.133 e. The number of halogens is 1. The van der Waals surface area contributed by atoms with E-state index < -0.39 is 0 Å². The van der Waals surface area contributed by atoms with E-state index in [9.17, 15) is 9.18 Å². The van der Waals surface area contributed by atoms with E-state index in [0.717, 1.165) is 6.42 Å². The third-order valence-corrected chi connectivity index (χ3v) is 2.62. The van der Waals surface area contributed by atoms with Gasteiger partial charge in [0, 0.05) is 5.92 Å². The van der Waals surface area contributed by atoms with E-state index in [-0.39, 0.29) is 23.4 Å². The Balaban J connectivity index is 2.21. The van der Waals surface area contributed by atoms with Gasteiger partial charge in [0.15, 0.2) is 0 Å².